The lowest BCUT2D eigenvalue weighted by Gasteiger charge is -2.06. The van der Waals surface area contributed by atoms with Crippen LogP contribution >= 0.6 is 35.0 Å². The molecule has 1 amide bonds. The number of likely N-dealkylation sites (N-methyl/N-ethyl adjacent to an activating group) is 1. The normalized spacial score (nSPS) is 9.44. The van der Waals surface area contributed by atoms with Crippen LogP contribution in [0.25, 0.3) is 0 Å². The fourth-order valence-electron chi connectivity index (χ4n) is 1.07. The number of rotatable bonds is 4. The second kappa shape index (κ2) is 7.81. The van der Waals surface area contributed by atoms with Gasteiger partial charge in [-0.15, -0.1) is 12.4 Å². The molecule has 0 saturated heterocycles. The Balaban J connectivity index is 0.00000225. The van der Waals surface area contributed by atoms with Gasteiger partial charge in [0.1, 0.15) is 5.82 Å². The van der Waals surface area contributed by atoms with Crippen molar-refractivity contribution in [3.05, 3.63) is 33.1 Å². The number of carbonyl (C=O) groups is 1. The standard InChI is InChI=1S/C10H12FIN2O.ClH/c1-13-4-5-14-10(15)8-3-2-7(11)6-9(8)12;/h2-3,6,13H,4-5H2,1H3,(H,14,15);1H. The van der Waals surface area contributed by atoms with Gasteiger partial charge < -0.3 is 10.6 Å². The first-order valence-electron chi connectivity index (χ1n) is 4.53. The maximum Gasteiger partial charge on any atom is 0.252 e. The lowest BCUT2D eigenvalue weighted by atomic mass is 10.2. The van der Waals surface area contributed by atoms with E-state index in [0.29, 0.717) is 22.2 Å². The van der Waals surface area contributed by atoms with E-state index in [2.05, 4.69) is 10.6 Å². The van der Waals surface area contributed by atoms with Gasteiger partial charge in [-0.2, -0.15) is 0 Å². The van der Waals surface area contributed by atoms with Gasteiger partial charge in [0.2, 0.25) is 0 Å². The second-order valence-electron chi connectivity index (χ2n) is 2.98. The average molecular weight is 359 g/mol. The number of benzene rings is 1. The summed E-state index contributed by atoms with van der Waals surface area (Å²) in [6.45, 7) is 1.27. The van der Waals surface area contributed by atoms with Crippen molar-refractivity contribution in [1.82, 2.24) is 10.6 Å². The Labute approximate surface area is 114 Å². The Bertz CT molecular complexity index is 363. The van der Waals surface area contributed by atoms with Gasteiger partial charge in [0.25, 0.3) is 5.91 Å². The number of amides is 1. The van der Waals surface area contributed by atoms with Crippen LogP contribution in [0.5, 0.6) is 0 Å². The third kappa shape index (κ3) is 4.63. The summed E-state index contributed by atoms with van der Waals surface area (Å²) >= 11 is 1.95. The van der Waals surface area contributed by atoms with Gasteiger partial charge in [-0.05, 0) is 47.8 Å². The molecular formula is C10H13ClFIN2O. The highest BCUT2D eigenvalue weighted by Crippen LogP contribution is 2.13. The molecule has 0 bridgehead atoms. The maximum atomic E-state index is 12.8. The topological polar surface area (TPSA) is 41.1 Å². The van der Waals surface area contributed by atoms with Gasteiger partial charge in [0.05, 0.1) is 5.56 Å². The summed E-state index contributed by atoms with van der Waals surface area (Å²) in [6.07, 6.45) is 0. The van der Waals surface area contributed by atoms with Gasteiger partial charge in [-0.1, -0.05) is 0 Å². The van der Waals surface area contributed by atoms with Crippen molar-refractivity contribution >= 4 is 40.9 Å². The first kappa shape index (κ1) is 15.6. The van der Waals surface area contributed by atoms with Gasteiger partial charge in [-0.25, -0.2) is 4.39 Å². The number of hydrogen-bond donors (Lipinski definition) is 2. The second-order valence-corrected chi connectivity index (χ2v) is 4.15. The molecule has 0 saturated carbocycles. The molecule has 6 heteroatoms. The van der Waals surface area contributed by atoms with Crippen molar-refractivity contribution in [1.29, 1.82) is 0 Å². The van der Waals surface area contributed by atoms with Gasteiger partial charge in [0.15, 0.2) is 0 Å². The van der Waals surface area contributed by atoms with Crippen LogP contribution in [0.2, 0.25) is 0 Å². The molecule has 0 aromatic heterocycles. The van der Waals surface area contributed by atoms with Crippen molar-refractivity contribution in [2.24, 2.45) is 0 Å². The summed E-state index contributed by atoms with van der Waals surface area (Å²) < 4.78 is 13.4. The zero-order valence-corrected chi connectivity index (χ0v) is 11.7. The molecule has 0 aliphatic carbocycles. The molecule has 0 radical (unpaired) electrons. The summed E-state index contributed by atoms with van der Waals surface area (Å²) in [4.78, 5) is 11.6. The molecule has 90 valence electrons. The monoisotopic (exact) mass is 358 g/mol. The minimum atomic E-state index is -0.328. The summed E-state index contributed by atoms with van der Waals surface area (Å²) in [5, 5.41) is 5.65. The van der Waals surface area contributed by atoms with E-state index in [1.54, 1.807) is 0 Å². The first-order valence-corrected chi connectivity index (χ1v) is 5.61. The number of hydrogen-bond acceptors (Lipinski definition) is 2. The largest absolute Gasteiger partial charge is 0.351 e. The lowest BCUT2D eigenvalue weighted by molar-refractivity contribution is 0.0953. The average Bonchev–Trinajstić information content (AvgIpc) is 2.17. The highest BCUT2D eigenvalue weighted by atomic mass is 127. The predicted molar refractivity (Wildman–Crippen MR) is 72.6 cm³/mol. The Hall–Kier alpha value is -0.400. The molecular weight excluding hydrogens is 345 g/mol. The van der Waals surface area contributed by atoms with Crippen LogP contribution in [0.4, 0.5) is 4.39 Å². The molecule has 16 heavy (non-hydrogen) atoms. The molecule has 0 aliphatic heterocycles. The minimum absolute atomic E-state index is 0. The van der Waals surface area contributed by atoms with Crippen LogP contribution in [0, 0.1) is 9.39 Å². The fraction of sp³-hybridized carbons (Fsp3) is 0.300. The van der Waals surface area contributed by atoms with Crippen LogP contribution in [0.1, 0.15) is 10.4 Å². The molecule has 0 fully saturated rings. The summed E-state index contributed by atoms with van der Waals surface area (Å²) in [5.74, 6) is -0.499. The zero-order valence-electron chi connectivity index (χ0n) is 8.72. The third-order valence-corrected chi connectivity index (χ3v) is 2.73. The third-order valence-electron chi connectivity index (χ3n) is 1.84. The van der Waals surface area contributed by atoms with Crippen molar-refractivity contribution in [2.75, 3.05) is 20.1 Å². The number of halogens is 3. The molecule has 0 spiro atoms. The quantitative estimate of drug-likeness (QED) is 0.637. The molecule has 2 N–H and O–H groups in total. The highest BCUT2D eigenvalue weighted by Gasteiger charge is 2.09. The van der Waals surface area contributed by atoms with E-state index in [4.69, 9.17) is 0 Å². The van der Waals surface area contributed by atoms with Crippen LogP contribution < -0.4 is 10.6 Å². The summed E-state index contributed by atoms with van der Waals surface area (Å²) in [7, 11) is 1.81. The lowest BCUT2D eigenvalue weighted by Crippen LogP contribution is -2.30. The van der Waals surface area contributed by atoms with Crippen molar-refractivity contribution in [3.63, 3.8) is 0 Å². The van der Waals surface area contributed by atoms with Gasteiger partial charge >= 0.3 is 0 Å². The minimum Gasteiger partial charge on any atom is -0.351 e. The van der Waals surface area contributed by atoms with Crippen LogP contribution in [-0.2, 0) is 0 Å². The van der Waals surface area contributed by atoms with E-state index in [0.717, 1.165) is 0 Å². The zero-order chi connectivity index (χ0) is 11.3. The van der Waals surface area contributed by atoms with Crippen molar-refractivity contribution < 1.29 is 9.18 Å². The van der Waals surface area contributed by atoms with Crippen LogP contribution in [0.15, 0.2) is 18.2 Å². The molecule has 3 nitrogen and oxygen atoms in total. The Kier molecular flexibility index (Phi) is 7.61. The maximum absolute atomic E-state index is 12.8. The Morgan fingerprint density at radius 1 is 1.44 bits per heavy atom. The van der Waals surface area contributed by atoms with E-state index in [9.17, 15) is 9.18 Å². The number of nitrogens with one attached hydrogen (secondary N) is 2. The molecule has 1 rings (SSSR count). The van der Waals surface area contributed by atoms with Crippen molar-refractivity contribution in [3.8, 4) is 0 Å². The molecule has 0 unspecified atom stereocenters. The summed E-state index contributed by atoms with van der Waals surface area (Å²) in [6, 6.07) is 4.12. The predicted octanol–water partition coefficient (Wildman–Crippen LogP) is 1.80. The van der Waals surface area contributed by atoms with E-state index >= 15 is 0 Å². The highest BCUT2D eigenvalue weighted by molar-refractivity contribution is 14.1. The first-order chi connectivity index (χ1) is 7.15. The van der Waals surface area contributed by atoms with E-state index in [-0.39, 0.29) is 24.1 Å². The van der Waals surface area contributed by atoms with Gasteiger partial charge in [0, 0.05) is 16.7 Å². The van der Waals surface area contributed by atoms with Gasteiger partial charge in [-0.3, -0.25) is 4.79 Å². The molecule has 1 aromatic carbocycles. The SMILES string of the molecule is CNCCNC(=O)c1ccc(F)cc1I.Cl. The molecule has 0 heterocycles. The van der Waals surface area contributed by atoms with E-state index < -0.39 is 0 Å². The summed E-state index contributed by atoms with van der Waals surface area (Å²) in [5.41, 5.74) is 0.508. The smallest absolute Gasteiger partial charge is 0.252 e. The van der Waals surface area contributed by atoms with Crippen LogP contribution in [0.3, 0.4) is 0 Å². The van der Waals surface area contributed by atoms with E-state index in [1.807, 2.05) is 29.6 Å². The Morgan fingerprint density at radius 2 is 2.12 bits per heavy atom. The van der Waals surface area contributed by atoms with Crippen LogP contribution in [-0.4, -0.2) is 26.0 Å². The number of carbonyl (C=O) groups excluding carboxylic acids is 1. The molecule has 0 aliphatic rings. The fourth-order valence-corrected chi connectivity index (χ4v) is 1.79. The Morgan fingerprint density at radius 3 is 2.69 bits per heavy atom. The molecule has 1 aromatic rings. The molecule has 0 atom stereocenters. The van der Waals surface area contributed by atoms with E-state index in [1.165, 1.54) is 18.2 Å². The van der Waals surface area contributed by atoms with Crippen molar-refractivity contribution in [2.45, 2.75) is 0 Å².